The van der Waals surface area contributed by atoms with Crippen molar-refractivity contribution in [2.75, 3.05) is 19.7 Å². The number of fused-ring (bicyclic) bond motifs is 3. The van der Waals surface area contributed by atoms with E-state index in [2.05, 4.69) is 20.3 Å². The van der Waals surface area contributed by atoms with Crippen LogP contribution in [-0.2, 0) is 24.4 Å². The van der Waals surface area contributed by atoms with Gasteiger partial charge in [0.15, 0.2) is 0 Å². The van der Waals surface area contributed by atoms with Crippen LogP contribution < -0.4 is 0 Å². The topological polar surface area (TPSA) is 81.2 Å². The Labute approximate surface area is 134 Å². The summed E-state index contributed by atoms with van der Waals surface area (Å²) in [6.45, 7) is 6.07. The molecule has 0 amide bonds. The van der Waals surface area contributed by atoms with Gasteiger partial charge in [0, 0.05) is 31.4 Å². The van der Waals surface area contributed by atoms with E-state index < -0.39 is 0 Å². The SMILES string of the molecule is Cc1nn(CCO)cc1CN1CCC2OCc3cnnn3C2C1. The lowest BCUT2D eigenvalue weighted by molar-refractivity contribution is -0.0670. The Morgan fingerprint density at radius 2 is 2.35 bits per heavy atom. The van der Waals surface area contributed by atoms with Crippen molar-refractivity contribution >= 4 is 0 Å². The molecule has 2 aliphatic heterocycles. The van der Waals surface area contributed by atoms with E-state index in [9.17, 15) is 0 Å². The van der Waals surface area contributed by atoms with Gasteiger partial charge >= 0.3 is 0 Å². The van der Waals surface area contributed by atoms with Crippen LogP contribution in [0.5, 0.6) is 0 Å². The summed E-state index contributed by atoms with van der Waals surface area (Å²) < 4.78 is 9.80. The van der Waals surface area contributed by atoms with E-state index in [1.54, 1.807) is 6.20 Å². The van der Waals surface area contributed by atoms with Gasteiger partial charge in [0.25, 0.3) is 0 Å². The van der Waals surface area contributed by atoms with Crippen LogP contribution in [-0.4, -0.2) is 60.6 Å². The minimum Gasteiger partial charge on any atom is -0.394 e. The molecule has 2 aromatic rings. The molecule has 4 heterocycles. The molecule has 2 atom stereocenters. The van der Waals surface area contributed by atoms with Crippen LogP contribution in [0.4, 0.5) is 0 Å². The van der Waals surface area contributed by atoms with Gasteiger partial charge < -0.3 is 9.84 Å². The molecule has 0 radical (unpaired) electrons. The molecule has 0 bridgehead atoms. The fourth-order valence-electron chi connectivity index (χ4n) is 3.56. The second kappa shape index (κ2) is 6.03. The number of piperidine rings is 1. The molecule has 1 fully saturated rings. The van der Waals surface area contributed by atoms with Gasteiger partial charge in [-0.05, 0) is 13.3 Å². The van der Waals surface area contributed by atoms with Gasteiger partial charge in [-0.3, -0.25) is 9.58 Å². The van der Waals surface area contributed by atoms with Crippen LogP contribution in [0.25, 0.3) is 0 Å². The molecule has 23 heavy (non-hydrogen) atoms. The maximum atomic E-state index is 9.04. The summed E-state index contributed by atoms with van der Waals surface area (Å²) in [4.78, 5) is 2.43. The number of hydrogen-bond donors (Lipinski definition) is 1. The van der Waals surface area contributed by atoms with Crippen molar-refractivity contribution in [2.45, 2.75) is 45.2 Å². The Balaban J connectivity index is 1.48. The maximum absolute atomic E-state index is 9.04. The summed E-state index contributed by atoms with van der Waals surface area (Å²) in [5.41, 5.74) is 3.30. The highest BCUT2D eigenvalue weighted by atomic mass is 16.5. The average molecular weight is 318 g/mol. The third kappa shape index (κ3) is 2.77. The lowest BCUT2D eigenvalue weighted by atomic mass is 10.00. The van der Waals surface area contributed by atoms with E-state index in [1.807, 2.05) is 22.5 Å². The molecule has 1 N–H and O–H groups in total. The molecule has 0 aliphatic carbocycles. The number of hydrogen-bond acceptors (Lipinski definition) is 6. The van der Waals surface area contributed by atoms with Crippen LogP contribution in [0.1, 0.15) is 29.4 Å². The Kier molecular flexibility index (Phi) is 3.88. The summed E-state index contributed by atoms with van der Waals surface area (Å²) in [7, 11) is 0. The second-order valence-electron chi connectivity index (χ2n) is 6.34. The molecule has 2 aliphatic rings. The third-order valence-electron chi connectivity index (χ3n) is 4.78. The monoisotopic (exact) mass is 318 g/mol. The minimum atomic E-state index is 0.112. The number of rotatable bonds is 4. The largest absolute Gasteiger partial charge is 0.394 e. The van der Waals surface area contributed by atoms with Crippen molar-refractivity contribution in [1.29, 1.82) is 0 Å². The standard InChI is InChI=1S/C15H22N6O2/c1-11-12(8-20(17-11)4-5-22)7-19-3-2-15-14(9-19)21-13(10-23-15)6-16-18-21/h6,8,14-15,22H,2-5,7,9-10H2,1H3. The van der Waals surface area contributed by atoms with Crippen molar-refractivity contribution < 1.29 is 9.84 Å². The fourth-order valence-corrected chi connectivity index (χ4v) is 3.56. The number of aliphatic hydroxyl groups excluding tert-OH is 1. The summed E-state index contributed by atoms with van der Waals surface area (Å²) in [5.74, 6) is 0. The molecule has 0 spiro atoms. The van der Waals surface area contributed by atoms with Crippen LogP contribution in [0.15, 0.2) is 12.4 Å². The minimum absolute atomic E-state index is 0.112. The highest BCUT2D eigenvalue weighted by Crippen LogP contribution is 2.30. The summed E-state index contributed by atoms with van der Waals surface area (Å²) in [5, 5.41) is 21.8. The first-order valence-electron chi connectivity index (χ1n) is 8.11. The summed E-state index contributed by atoms with van der Waals surface area (Å²) >= 11 is 0. The summed E-state index contributed by atoms with van der Waals surface area (Å²) in [6, 6.07) is 0.239. The quantitative estimate of drug-likeness (QED) is 0.862. The molecular formula is C15H22N6O2. The fraction of sp³-hybridized carbons (Fsp3) is 0.667. The van der Waals surface area contributed by atoms with Crippen LogP contribution in [0.2, 0.25) is 0 Å². The van der Waals surface area contributed by atoms with Gasteiger partial charge in [0.1, 0.15) is 0 Å². The number of aliphatic hydroxyl groups is 1. The maximum Gasteiger partial charge on any atom is 0.0930 e. The van der Waals surface area contributed by atoms with E-state index in [1.165, 1.54) is 5.56 Å². The Morgan fingerprint density at radius 1 is 1.43 bits per heavy atom. The Bertz CT molecular complexity index is 681. The predicted molar refractivity (Wildman–Crippen MR) is 81.6 cm³/mol. The van der Waals surface area contributed by atoms with Gasteiger partial charge in [-0.15, -0.1) is 5.10 Å². The van der Waals surface area contributed by atoms with Gasteiger partial charge in [0.05, 0.1) is 49.5 Å². The molecule has 8 heteroatoms. The highest BCUT2D eigenvalue weighted by Gasteiger charge is 2.36. The third-order valence-corrected chi connectivity index (χ3v) is 4.78. The number of nitrogens with zero attached hydrogens (tertiary/aromatic N) is 6. The van der Waals surface area contributed by atoms with E-state index in [0.717, 1.165) is 37.4 Å². The molecular weight excluding hydrogens is 296 g/mol. The average Bonchev–Trinajstić information content (AvgIpc) is 3.15. The van der Waals surface area contributed by atoms with Crippen molar-refractivity contribution in [3.63, 3.8) is 0 Å². The number of aromatic nitrogens is 5. The van der Waals surface area contributed by atoms with Gasteiger partial charge in [-0.2, -0.15) is 5.10 Å². The van der Waals surface area contributed by atoms with E-state index in [4.69, 9.17) is 9.84 Å². The first kappa shape index (κ1) is 14.8. The summed E-state index contributed by atoms with van der Waals surface area (Å²) in [6.07, 6.45) is 5.07. The molecule has 8 nitrogen and oxygen atoms in total. The molecule has 124 valence electrons. The molecule has 0 saturated carbocycles. The molecule has 0 aromatic carbocycles. The highest BCUT2D eigenvalue weighted by molar-refractivity contribution is 5.15. The van der Waals surface area contributed by atoms with Crippen molar-refractivity contribution in [2.24, 2.45) is 0 Å². The molecule has 2 unspecified atom stereocenters. The Hall–Kier alpha value is -1.77. The molecule has 2 aromatic heterocycles. The van der Waals surface area contributed by atoms with Crippen LogP contribution >= 0.6 is 0 Å². The smallest absolute Gasteiger partial charge is 0.0930 e. The number of ether oxygens (including phenoxy) is 1. The zero-order valence-corrected chi connectivity index (χ0v) is 13.3. The van der Waals surface area contributed by atoms with Crippen molar-refractivity contribution in [3.8, 4) is 0 Å². The molecule has 1 saturated heterocycles. The van der Waals surface area contributed by atoms with Gasteiger partial charge in [-0.1, -0.05) is 5.21 Å². The van der Waals surface area contributed by atoms with Crippen LogP contribution in [0, 0.1) is 6.92 Å². The normalized spacial score (nSPS) is 24.4. The van der Waals surface area contributed by atoms with E-state index >= 15 is 0 Å². The van der Waals surface area contributed by atoms with E-state index in [-0.39, 0.29) is 18.8 Å². The number of aryl methyl sites for hydroxylation is 1. The second-order valence-corrected chi connectivity index (χ2v) is 6.34. The van der Waals surface area contributed by atoms with E-state index in [0.29, 0.717) is 13.2 Å². The van der Waals surface area contributed by atoms with Crippen LogP contribution in [0.3, 0.4) is 0 Å². The van der Waals surface area contributed by atoms with Crippen molar-refractivity contribution in [3.05, 3.63) is 29.3 Å². The van der Waals surface area contributed by atoms with Crippen molar-refractivity contribution in [1.82, 2.24) is 29.7 Å². The first-order chi connectivity index (χ1) is 11.2. The Morgan fingerprint density at radius 3 is 3.22 bits per heavy atom. The lowest BCUT2D eigenvalue weighted by Gasteiger charge is -2.41. The predicted octanol–water partition coefficient (Wildman–Crippen LogP) is 0.121. The lowest BCUT2D eigenvalue weighted by Crippen LogP contribution is -2.47. The van der Waals surface area contributed by atoms with Gasteiger partial charge in [-0.25, -0.2) is 4.68 Å². The first-order valence-corrected chi connectivity index (χ1v) is 8.11. The zero-order chi connectivity index (χ0) is 15.8. The zero-order valence-electron chi connectivity index (χ0n) is 13.3. The number of likely N-dealkylation sites (tertiary alicyclic amines) is 1. The van der Waals surface area contributed by atoms with Gasteiger partial charge in [0.2, 0.25) is 0 Å². The molecule has 4 rings (SSSR count).